The minimum atomic E-state index is -0.991. The number of ether oxygens (including phenoxy) is 1. The van der Waals surface area contributed by atoms with Gasteiger partial charge in [-0.2, -0.15) is 0 Å². The Kier molecular flexibility index (Phi) is 4.26. The molecule has 0 spiro atoms. The van der Waals surface area contributed by atoms with Crippen LogP contribution in [0.2, 0.25) is 0 Å². The largest absolute Gasteiger partial charge is 0.478 e. The summed E-state index contributed by atoms with van der Waals surface area (Å²) in [5, 5.41) is 8.85. The van der Waals surface area contributed by atoms with Crippen LogP contribution in [0.15, 0.2) is 24.3 Å². The summed E-state index contributed by atoms with van der Waals surface area (Å²) in [6.07, 6.45) is -0.441. The number of hydrogen-bond donors (Lipinski definition) is 1. The molecule has 1 N–H and O–H groups in total. The van der Waals surface area contributed by atoms with E-state index in [1.165, 1.54) is 12.1 Å². The lowest BCUT2D eigenvalue weighted by atomic mass is 10.1. The number of carboxylic acid groups (broad SMARTS) is 1. The summed E-state index contributed by atoms with van der Waals surface area (Å²) < 4.78 is 5.20. The summed E-state index contributed by atoms with van der Waals surface area (Å²) in [7, 11) is 0. The molecule has 1 atom stereocenters. The summed E-state index contributed by atoms with van der Waals surface area (Å²) in [6.45, 7) is 5.23. The lowest BCUT2D eigenvalue weighted by molar-refractivity contribution is -0.152. The van der Waals surface area contributed by atoms with Crippen LogP contribution in [0.25, 0.3) is 0 Å². The van der Waals surface area contributed by atoms with Crippen molar-refractivity contribution in [2.24, 2.45) is 5.92 Å². The molecule has 17 heavy (non-hydrogen) atoms. The summed E-state index contributed by atoms with van der Waals surface area (Å²) in [5.41, 5.74) is 0.869. The first-order valence-electron chi connectivity index (χ1n) is 5.45. The van der Waals surface area contributed by atoms with Crippen molar-refractivity contribution in [1.82, 2.24) is 0 Å². The lowest BCUT2D eigenvalue weighted by Gasteiger charge is -2.15. The molecule has 0 bridgehead atoms. The maximum Gasteiger partial charge on any atom is 0.335 e. The van der Waals surface area contributed by atoms with E-state index in [1.807, 2.05) is 0 Å². The monoisotopic (exact) mass is 236 g/mol. The summed E-state index contributed by atoms with van der Waals surface area (Å²) in [6, 6.07) is 6.40. The molecule has 0 aliphatic heterocycles. The van der Waals surface area contributed by atoms with Gasteiger partial charge >= 0.3 is 11.9 Å². The minimum Gasteiger partial charge on any atom is -0.478 e. The van der Waals surface area contributed by atoms with Gasteiger partial charge in [-0.25, -0.2) is 4.79 Å². The van der Waals surface area contributed by atoms with Crippen LogP contribution in [0.1, 0.15) is 42.8 Å². The molecule has 0 aliphatic carbocycles. The van der Waals surface area contributed by atoms with Gasteiger partial charge in [-0.05, 0) is 24.6 Å². The SMILES string of the molecule is CC(C)C(=O)OC(C)c1cccc(C(=O)O)c1. The number of carboxylic acids is 1. The average molecular weight is 236 g/mol. The normalized spacial score (nSPS) is 12.2. The Morgan fingerprint density at radius 1 is 1.24 bits per heavy atom. The van der Waals surface area contributed by atoms with Gasteiger partial charge < -0.3 is 9.84 Å². The van der Waals surface area contributed by atoms with E-state index < -0.39 is 12.1 Å². The first kappa shape index (κ1) is 13.2. The van der Waals surface area contributed by atoms with Crippen molar-refractivity contribution in [2.45, 2.75) is 26.9 Å². The number of benzene rings is 1. The molecule has 1 unspecified atom stereocenters. The third-order valence-corrected chi connectivity index (χ3v) is 2.37. The molecular formula is C13H16O4. The minimum absolute atomic E-state index is 0.190. The van der Waals surface area contributed by atoms with Crippen molar-refractivity contribution in [3.8, 4) is 0 Å². The number of aromatic carboxylic acids is 1. The number of hydrogen-bond acceptors (Lipinski definition) is 3. The van der Waals surface area contributed by atoms with Crippen molar-refractivity contribution in [1.29, 1.82) is 0 Å². The van der Waals surface area contributed by atoms with Crippen LogP contribution in [-0.2, 0) is 9.53 Å². The number of rotatable bonds is 4. The van der Waals surface area contributed by atoms with Crippen molar-refractivity contribution in [3.05, 3.63) is 35.4 Å². The zero-order chi connectivity index (χ0) is 13.0. The molecule has 1 rings (SSSR count). The summed E-state index contributed by atoms with van der Waals surface area (Å²) in [5.74, 6) is -1.48. The van der Waals surface area contributed by atoms with E-state index in [0.29, 0.717) is 5.56 Å². The molecule has 0 aliphatic rings. The van der Waals surface area contributed by atoms with E-state index in [4.69, 9.17) is 9.84 Å². The van der Waals surface area contributed by atoms with E-state index >= 15 is 0 Å². The standard InChI is InChI=1S/C13H16O4/c1-8(2)13(16)17-9(3)10-5-4-6-11(7-10)12(14)15/h4-9H,1-3H3,(H,14,15). The van der Waals surface area contributed by atoms with Crippen molar-refractivity contribution < 1.29 is 19.4 Å². The molecular weight excluding hydrogens is 220 g/mol. The Hall–Kier alpha value is -1.84. The Balaban J connectivity index is 2.82. The van der Waals surface area contributed by atoms with Crippen LogP contribution in [0.3, 0.4) is 0 Å². The van der Waals surface area contributed by atoms with Gasteiger partial charge in [-0.3, -0.25) is 4.79 Å². The molecule has 0 heterocycles. The zero-order valence-electron chi connectivity index (χ0n) is 10.1. The summed E-state index contributed by atoms with van der Waals surface area (Å²) in [4.78, 5) is 22.2. The Bertz CT molecular complexity index is 423. The third-order valence-electron chi connectivity index (χ3n) is 2.37. The van der Waals surface area contributed by atoms with Crippen LogP contribution in [0.4, 0.5) is 0 Å². The average Bonchev–Trinajstić information content (AvgIpc) is 2.28. The maximum absolute atomic E-state index is 11.4. The van der Waals surface area contributed by atoms with Crippen LogP contribution in [0.5, 0.6) is 0 Å². The van der Waals surface area contributed by atoms with Crippen LogP contribution >= 0.6 is 0 Å². The van der Waals surface area contributed by atoms with Gasteiger partial charge in [0.1, 0.15) is 6.10 Å². The fourth-order valence-corrected chi connectivity index (χ4v) is 1.30. The molecule has 0 saturated carbocycles. The molecule has 0 fully saturated rings. The molecule has 1 aromatic carbocycles. The molecule has 1 aromatic rings. The molecule has 0 amide bonds. The van der Waals surface area contributed by atoms with Gasteiger partial charge in [0, 0.05) is 0 Å². The van der Waals surface area contributed by atoms with E-state index in [2.05, 4.69) is 0 Å². The van der Waals surface area contributed by atoms with E-state index in [9.17, 15) is 9.59 Å². The predicted octanol–water partition coefficient (Wildman–Crippen LogP) is 2.65. The van der Waals surface area contributed by atoms with E-state index in [1.54, 1.807) is 32.9 Å². The second kappa shape index (κ2) is 5.48. The van der Waals surface area contributed by atoms with Crippen LogP contribution in [0, 0.1) is 5.92 Å². The zero-order valence-corrected chi connectivity index (χ0v) is 10.1. The Labute approximate surface area is 100 Å². The predicted molar refractivity (Wildman–Crippen MR) is 62.7 cm³/mol. The van der Waals surface area contributed by atoms with Crippen molar-refractivity contribution in [3.63, 3.8) is 0 Å². The highest BCUT2D eigenvalue weighted by atomic mass is 16.5. The molecule has 0 radical (unpaired) electrons. The fourth-order valence-electron chi connectivity index (χ4n) is 1.30. The smallest absolute Gasteiger partial charge is 0.335 e. The van der Waals surface area contributed by atoms with Crippen LogP contribution < -0.4 is 0 Å². The van der Waals surface area contributed by atoms with E-state index in [0.717, 1.165) is 0 Å². The first-order valence-corrected chi connectivity index (χ1v) is 5.45. The second-order valence-electron chi connectivity index (χ2n) is 4.16. The van der Waals surface area contributed by atoms with Gasteiger partial charge in [0.05, 0.1) is 11.5 Å². The molecule has 92 valence electrons. The highest BCUT2D eigenvalue weighted by molar-refractivity contribution is 5.87. The van der Waals surface area contributed by atoms with Gasteiger partial charge in [0.2, 0.25) is 0 Å². The molecule has 0 saturated heterocycles. The Morgan fingerprint density at radius 2 is 1.88 bits per heavy atom. The third kappa shape index (κ3) is 3.59. The first-order chi connectivity index (χ1) is 7.91. The highest BCUT2D eigenvalue weighted by Crippen LogP contribution is 2.19. The topological polar surface area (TPSA) is 63.6 Å². The van der Waals surface area contributed by atoms with Gasteiger partial charge in [-0.1, -0.05) is 26.0 Å². The van der Waals surface area contributed by atoms with Gasteiger partial charge in [-0.15, -0.1) is 0 Å². The van der Waals surface area contributed by atoms with Crippen molar-refractivity contribution >= 4 is 11.9 Å². The van der Waals surface area contributed by atoms with Gasteiger partial charge in [0.15, 0.2) is 0 Å². The number of carbonyl (C=O) groups excluding carboxylic acids is 1. The van der Waals surface area contributed by atoms with Crippen LogP contribution in [-0.4, -0.2) is 17.0 Å². The number of carbonyl (C=O) groups is 2. The Morgan fingerprint density at radius 3 is 2.41 bits per heavy atom. The highest BCUT2D eigenvalue weighted by Gasteiger charge is 2.15. The van der Waals surface area contributed by atoms with Crippen molar-refractivity contribution in [2.75, 3.05) is 0 Å². The summed E-state index contributed by atoms with van der Waals surface area (Å²) >= 11 is 0. The lowest BCUT2D eigenvalue weighted by Crippen LogP contribution is -2.14. The van der Waals surface area contributed by atoms with E-state index in [-0.39, 0.29) is 17.5 Å². The molecule has 4 heteroatoms. The second-order valence-corrected chi connectivity index (χ2v) is 4.16. The number of esters is 1. The maximum atomic E-state index is 11.4. The molecule has 4 nitrogen and oxygen atoms in total. The molecule has 0 aromatic heterocycles. The quantitative estimate of drug-likeness (QED) is 0.816. The van der Waals surface area contributed by atoms with Gasteiger partial charge in [0.25, 0.3) is 0 Å². The fraction of sp³-hybridized carbons (Fsp3) is 0.385.